The van der Waals surface area contributed by atoms with Gasteiger partial charge in [-0.3, -0.25) is 0 Å². The highest BCUT2D eigenvalue weighted by atomic mass is 16.5. The van der Waals surface area contributed by atoms with Crippen LogP contribution in [-0.2, 0) is 9.47 Å². The molecule has 0 aromatic rings. The van der Waals surface area contributed by atoms with E-state index in [2.05, 4.69) is 19.2 Å². The van der Waals surface area contributed by atoms with E-state index in [1.807, 2.05) is 7.11 Å². The van der Waals surface area contributed by atoms with Crippen molar-refractivity contribution in [2.24, 2.45) is 0 Å². The number of nitrogens with one attached hydrogen (secondary N) is 1. The molecule has 16 heavy (non-hydrogen) atoms. The van der Waals surface area contributed by atoms with Crippen LogP contribution in [0.1, 0.15) is 46.0 Å². The molecule has 1 saturated carbocycles. The van der Waals surface area contributed by atoms with Gasteiger partial charge in [0, 0.05) is 19.8 Å². The van der Waals surface area contributed by atoms with E-state index < -0.39 is 0 Å². The third-order valence-electron chi connectivity index (χ3n) is 3.16. The van der Waals surface area contributed by atoms with Crippen LogP contribution in [0.15, 0.2) is 0 Å². The van der Waals surface area contributed by atoms with Crippen molar-refractivity contribution in [1.82, 2.24) is 5.32 Å². The van der Waals surface area contributed by atoms with Crippen molar-refractivity contribution in [2.45, 2.75) is 64.2 Å². The Labute approximate surface area is 99.9 Å². The summed E-state index contributed by atoms with van der Waals surface area (Å²) in [4.78, 5) is 0. The number of hydrogen-bond acceptors (Lipinski definition) is 3. The maximum atomic E-state index is 5.51. The molecule has 1 N–H and O–H groups in total. The average Bonchev–Trinajstić information content (AvgIpc) is 2.28. The third-order valence-corrected chi connectivity index (χ3v) is 3.16. The van der Waals surface area contributed by atoms with Gasteiger partial charge in [-0.1, -0.05) is 0 Å². The van der Waals surface area contributed by atoms with Crippen molar-refractivity contribution in [3.63, 3.8) is 0 Å². The maximum absolute atomic E-state index is 5.51. The Morgan fingerprint density at radius 2 is 2.12 bits per heavy atom. The predicted molar refractivity (Wildman–Crippen MR) is 66.8 cm³/mol. The van der Waals surface area contributed by atoms with Crippen molar-refractivity contribution < 1.29 is 9.47 Å². The third kappa shape index (κ3) is 5.83. The van der Waals surface area contributed by atoms with Crippen LogP contribution in [0.2, 0.25) is 0 Å². The van der Waals surface area contributed by atoms with Gasteiger partial charge in [0.1, 0.15) is 0 Å². The molecule has 0 saturated heterocycles. The lowest BCUT2D eigenvalue weighted by molar-refractivity contribution is 0.0564. The molecule has 0 aromatic carbocycles. The predicted octanol–water partition coefficient (Wildman–Crippen LogP) is 2.35. The Kier molecular flexibility index (Phi) is 7.01. The van der Waals surface area contributed by atoms with Crippen molar-refractivity contribution >= 4 is 0 Å². The van der Waals surface area contributed by atoms with Crippen LogP contribution in [0.5, 0.6) is 0 Å². The smallest absolute Gasteiger partial charge is 0.0586 e. The van der Waals surface area contributed by atoms with Gasteiger partial charge in [-0.15, -0.1) is 0 Å². The summed E-state index contributed by atoms with van der Waals surface area (Å²) in [5.74, 6) is 0. The van der Waals surface area contributed by atoms with E-state index in [0.717, 1.165) is 19.6 Å². The lowest BCUT2D eigenvalue weighted by Gasteiger charge is -2.29. The second-order valence-electron chi connectivity index (χ2n) is 4.95. The highest BCUT2D eigenvalue weighted by Gasteiger charge is 2.20. The second kappa shape index (κ2) is 8.04. The molecule has 0 aliphatic heterocycles. The first kappa shape index (κ1) is 13.9. The van der Waals surface area contributed by atoms with Crippen LogP contribution in [0.25, 0.3) is 0 Å². The van der Waals surface area contributed by atoms with E-state index in [-0.39, 0.29) is 0 Å². The van der Waals surface area contributed by atoms with Gasteiger partial charge in [0.25, 0.3) is 0 Å². The summed E-state index contributed by atoms with van der Waals surface area (Å²) in [5.41, 5.74) is 0. The maximum Gasteiger partial charge on any atom is 0.0586 e. The molecule has 3 nitrogen and oxygen atoms in total. The van der Waals surface area contributed by atoms with Crippen LogP contribution in [0, 0.1) is 0 Å². The molecule has 3 heteroatoms. The molecule has 96 valence electrons. The molecule has 1 aliphatic rings. The van der Waals surface area contributed by atoms with E-state index in [1.165, 1.54) is 25.7 Å². The minimum Gasteiger partial charge on any atom is -0.381 e. The summed E-state index contributed by atoms with van der Waals surface area (Å²) >= 11 is 0. The Morgan fingerprint density at radius 1 is 1.31 bits per heavy atom. The molecule has 0 bridgehead atoms. The summed E-state index contributed by atoms with van der Waals surface area (Å²) < 4.78 is 10.9. The quantitative estimate of drug-likeness (QED) is 0.680. The Morgan fingerprint density at radius 3 is 2.81 bits per heavy atom. The lowest BCUT2D eigenvalue weighted by atomic mass is 9.93. The highest BCUT2D eigenvalue weighted by Crippen LogP contribution is 2.20. The van der Waals surface area contributed by atoms with Gasteiger partial charge < -0.3 is 14.8 Å². The van der Waals surface area contributed by atoms with Crippen molar-refractivity contribution in [2.75, 3.05) is 20.3 Å². The molecule has 0 radical (unpaired) electrons. The van der Waals surface area contributed by atoms with Gasteiger partial charge in [-0.2, -0.15) is 0 Å². The molecular formula is C13H27NO2. The Balaban J connectivity index is 1.99. The van der Waals surface area contributed by atoms with Gasteiger partial charge in [0.05, 0.1) is 12.2 Å². The minimum atomic E-state index is 0.354. The van der Waals surface area contributed by atoms with E-state index in [4.69, 9.17) is 9.47 Å². The molecule has 2 atom stereocenters. The van der Waals surface area contributed by atoms with Gasteiger partial charge in [0.15, 0.2) is 0 Å². The number of rotatable bonds is 7. The molecule has 0 spiro atoms. The fourth-order valence-electron chi connectivity index (χ4n) is 2.24. The zero-order chi connectivity index (χ0) is 11.8. The fraction of sp³-hybridized carbons (Fsp3) is 1.00. The molecular weight excluding hydrogens is 202 g/mol. The molecule has 0 heterocycles. The summed E-state index contributed by atoms with van der Waals surface area (Å²) in [7, 11) is 1.82. The second-order valence-corrected chi connectivity index (χ2v) is 4.95. The number of ether oxygens (including phenoxy) is 2. The molecule has 1 aliphatic carbocycles. The first-order valence-electron chi connectivity index (χ1n) is 6.60. The van der Waals surface area contributed by atoms with Crippen LogP contribution in [-0.4, -0.2) is 38.5 Å². The Hall–Kier alpha value is -0.120. The first-order valence-corrected chi connectivity index (χ1v) is 6.60. The molecule has 2 unspecified atom stereocenters. The fourth-order valence-corrected chi connectivity index (χ4v) is 2.24. The van der Waals surface area contributed by atoms with Crippen molar-refractivity contribution in [1.29, 1.82) is 0 Å². The largest absolute Gasteiger partial charge is 0.381 e. The monoisotopic (exact) mass is 229 g/mol. The van der Waals surface area contributed by atoms with Crippen LogP contribution in [0.4, 0.5) is 0 Å². The molecule has 1 fully saturated rings. The normalized spacial score (nSPS) is 26.2. The zero-order valence-electron chi connectivity index (χ0n) is 11.0. The SMILES string of the molecule is COC1CCCC(NCCCOC(C)C)C1. The molecule has 0 amide bonds. The van der Waals surface area contributed by atoms with E-state index >= 15 is 0 Å². The van der Waals surface area contributed by atoms with E-state index in [1.54, 1.807) is 0 Å². The lowest BCUT2D eigenvalue weighted by Crippen LogP contribution is -2.37. The van der Waals surface area contributed by atoms with Gasteiger partial charge in [0.2, 0.25) is 0 Å². The topological polar surface area (TPSA) is 30.5 Å². The summed E-state index contributed by atoms with van der Waals surface area (Å²) in [5, 5.41) is 3.60. The molecule has 1 rings (SSSR count). The summed E-state index contributed by atoms with van der Waals surface area (Å²) in [6.45, 7) is 6.09. The molecule has 0 aromatic heterocycles. The Bertz CT molecular complexity index is 173. The summed E-state index contributed by atoms with van der Waals surface area (Å²) in [6, 6.07) is 0.651. The van der Waals surface area contributed by atoms with Gasteiger partial charge in [-0.25, -0.2) is 0 Å². The van der Waals surface area contributed by atoms with E-state index in [9.17, 15) is 0 Å². The van der Waals surface area contributed by atoms with Crippen LogP contribution >= 0.6 is 0 Å². The van der Waals surface area contributed by atoms with E-state index in [0.29, 0.717) is 18.2 Å². The standard InChI is InChI=1S/C13H27NO2/c1-11(2)16-9-5-8-14-12-6-4-7-13(10-12)15-3/h11-14H,4-10H2,1-3H3. The summed E-state index contributed by atoms with van der Waals surface area (Å²) in [6.07, 6.45) is 6.91. The van der Waals surface area contributed by atoms with Crippen LogP contribution in [0.3, 0.4) is 0 Å². The first-order chi connectivity index (χ1) is 7.72. The number of methoxy groups -OCH3 is 1. The average molecular weight is 229 g/mol. The van der Waals surface area contributed by atoms with Gasteiger partial charge >= 0.3 is 0 Å². The zero-order valence-corrected chi connectivity index (χ0v) is 11.0. The van der Waals surface area contributed by atoms with Crippen LogP contribution < -0.4 is 5.32 Å². The number of hydrogen-bond donors (Lipinski definition) is 1. The van der Waals surface area contributed by atoms with Crippen molar-refractivity contribution in [3.05, 3.63) is 0 Å². The highest BCUT2D eigenvalue weighted by molar-refractivity contribution is 4.78. The minimum absolute atomic E-state index is 0.354. The van der Waals surface area contributed by atoms with Gasteiger partial charge in [-0.05, 0) is 52.5 Å². The van der Waals surface area contributed by atoms with Crippen molar-refractivity contribution in [3.8, 4) is 0 Å².